The topological polar surface area (TPSA) is 102 Å². The van der Waals surface area contributed by atoms with Gasteiger partial charge in [-0.2, -0.15) is 0 Å². The third-order valence-corrected chi connectivity index (χ3v) is 0.709. The molecule has 0 aliphatic rings. The molecule has 0 aromatic rings. The lowest BCUT2D eigenvalue weighted by Gasteiger charge is -2.20. The lowest BCUT2D eigenvalue weighted by molar-refractivity contribution is -0.0809. The van der Waals surface area contributed by atoms with Crippen LogP contribution in [0.1, 0.15) is 0 Å². The summed E-state index contributed by atoms with van der Waals surface area (Å²) in [4.78, 5) is 0. The van der Waals surface area contributed by atoms with Crippen molar-refractivity contribution in [2.24, 2.45) is 11.5 Å². The molecular formula is C4H12N2O3. The Balaban J connectivity index is 3.33. The number of nitrogens with two attached hydrogens (primary N) is 2. The van der Waals surface area contributed by atoms with Crippen LogP contribution in [0.15, 0.2) is 0 Å². The molecule has 0 amide bonds. The summed E-state index contributed by atoms with van der Waals surface area (Å²) in [6.07, 6.45) is 0. The zero-order valence-electron chi connectivity index (χ0n) is 5.08. The molecule has 5 nitrogen and oxygen atoms in total. The summed E-state index contributed by atoms with van der Waals surface area (Å²) in [5.74, 6) is -1.51. The molecule has 0 spiro atoms. The smallest absolute Gasteiger partial charge is 0.193 e. The van der Waals surface area contributed by atoms with E-state index in [1.54, 1.807) is 0 Å². The highest BCUT2D eigenvalue weighted by molar-refractivity contribution is 4.60. The monoisotopic (exact) mass is 136 g/mol. The molecule has 0 atom stereocenters. The Kier molecular flexibility index (Phi) is 3.67. The van der Waals surface area contributed by atoms with Crippen LogP contribution in [0.5, 0.6) is 0 Å². The molecule has 6 N–H and O–H groups in total. The number of hydrogen-bond donors (Lipinski definition) is 4. The summed E-state index contributed by atoms with van der Waals surface area (Å²) in [6, 6.07) is 0. The van der Waals surface area contributed by atoms with E-state index in [4.69, 9.17) is 21.7 Å². The van der Waals surface area contributed by atoms with Crippen molar-refractivity contribution >= 4 is 0 Å². The molecule has 9 heavy (non-hydrogen) atoms. The highest BCUT2D eigenvalue weighted by Crippen LogP contribution is 1.89. The molecule has 0 fully saturated rings. The minimum atomic E-state index is -1.51. The van der Waals surface area contributed by atoms with E-state index in [-0.39, 0.29) is 13.2 Å². The molecule has 0 aliphatic heterocycles. The van der Waals surface area contributed by atoms with Gasteiger partial charge in [-0.3, -0.25) is 11.5 Å². The van der Waals surface area contributed by atoms with E-state index in [1.807, 2.05) is 0 Å². The molecule has 0 unspecified atom stereocenters. The zero-order chi connectivity index (χ0) is 7.33. The summed E-state index contributed by atoms with van der Waals surface area (Å²) in [5.41, 5.74) is 10.2. The number of aliphatic hydroxyl groups excluding tert-OH is 2. The Bertz CT molecular complexity index is 76.2. The molecule has 0 rings (SSSR count). The van der Waals surface area contributed by atoms with Gasteiger partial charge in [0.25, 0.3) is 0 Å². The fourth-order valence-corrected chi connectivity index (χ4v) is 0.281. The molecule has 0 saturated heterocycles. The van der Waals surface area contributed by atoms with E-state index in [9.17, 15) is 0 Å². The van der Waals surface area contributed by atoms with E-state index in [0.717, 1.165) is 0 Å². The Morgan fingerprint density at radius 3 is 2.22 bits per heavy atom. The summed E-state index contributed by atoms with van der Waals surface area (Å²) < 4.78 is 4.58. The van der Waals surface area contributed by atoms with Gasteiger partial charge in [0, 0.05) is 0 Å². The fraction of sp³-hybridized carbons (Fsp3) is 1.00. The maximum absolute atomic E-state index is 8.36. The average molecular weight is 136 g/mol. The van der Waals surface area contributed by atoms with Crippen LogP contribution >= 0.6 is 0 Å². The lowest BCUT2D eigenvalue weighted by Crippen LogP contribution is -2.55. The van der Waals surface area contributed by atoms with Crippen LogP contribution in [0, 0.1) is 0 Å². The van der Waals surface area contributed by atoms with Crippen LogP contribution in [0.4, 0.5) is 0 Å². The summed E-state index contributed by atoms with van der Waals surface area (Å²) in [7, 11) is 0. The van der Waals surface area contributed by atoms with E-state index in [2.05, 4.69) is 4.74 Å². The first kappa shape index (κ1) is 8.80. The summed E-state index contributed by atoms with van der Waals surface area (Å²) >= 11 is 0. The van der Waals surface area contributed by atoms with Crippen molar-refractivity contribution in [3.8, 4) is 0 Å². The Hall–Kier alpha value is -0.200. The molecule has 0 radical (unpaired) electrons. The standard InChI is InChI=1S/C4H12N2O3/c5-4(6,3-8)9-2-1-7/h7-8H,1-3,5-6H2. The zero-order valence-corrected chi connectivity index (χ0v) is 5.08. The highest BCUT2D eigenvalue weighted by Gasteiger charge is 2.16. The van der Waals surface area contributed by atoms with Gasteiger partial charge in [-0.1, -0.05) is 0 Å². The summed E-state index contributed by atoms with van der Waals surface area (Å²) in [5, 5.41) is 16.6. The van der Waals surface area contributed by atoms with Crippen molar-refractivity contribution in [3.63, 3.8) is 0 Å². The van der Waals surface area contributed by atoms with Gasteiger partial charge in [-0.25, -0.2) is 0 Å². The molecule has 5 heteroatoms. The Morgan fingerprint density at radius 1 is 1.33 bits per heavy atom. The molecule has 0 heterocycles. The van der Waals surface area contributed by atoms with Gasteiger partial charge in [-0.05, 0) is 0 Å². The fourth-order valence-electron chi connectivity index (χ4n) is 0.281. The first-order chi connectivity index (χ1) is 4.12. The normalized spacial score (nSPS) is 12.0. The maximum Gasteiger partial charge on any atom is 0.193 e. The van der Waals surface area contributed by atoms with E-state index in [0.29, 0.717) is 0 Å². The van der Waals surface area contributed by atoms with Gasteiger partial charge >= 0.3 is 0 Å². The highest BCUT2D eigenvalue weighted by atomic mass is 16.5. The Labute approximate surface area is 53.2 Å². The molecule has 0 saturated carbocycles. The molecule has 0 bridgehead atoms. The first-order valence-corrected chi connectivity index (χ1v) is 2.56. The second-order valence-electron chi connectivity index (χ2n) is 1.69. The first-order valence-electron chi connectivity index (χ1n) is 2.56. The molecular weight excluding hydrogens is 124 g/mol. The van der Waals surface area contributed by atoms with Gasteiger partial charge < -0.3 is 14.9 Å². The van der Waals surface area contributed by atoms with Crippen LogP contribution in [0.3, 0.4) is 0 Å². The largest absolute Gasteiger partial charge is 0.394 e. The number of ether oxygens (including phenoxy) is 1. The van der Waals surface area contributed by atoms with Crippen LogP contribution in [-0.4, -0.2) is 35.9 Å². The summed E-state index contributed by atoms with van der Waals surface area (Å²) in [6.45, 7) is -0.587. The van der Waals surface area contributed by atoms with Gasteiger partial charge in [0.05, 0.1) is 19.8 Å². The predicted octanol–water partition coefficient (Wildman–Crippen LogP) is -2.44. The third-order valence-electron chi connectivity index (χ3n) is 0.709. The van der Waals surface area contributed by atoms with Crippen molar-refractivity contribution in [1.29, 1.82) is 0 Å². The number of aliphatic hydroxyl groups is 2. The van der Waals surface area contributed by atoms with Gasteiger partial charge in [0.2, 0.25) is 0 Å². The van der Waals surface area contributed by atoms with E-state index in [1.165, 1.54) is 0 Å². The minimum absolute atomic E-state index is 0.0353. The van der Waals surface area contributed by atoms with Gasteiger partial charge in [-0.15, -0.1) is 0 Å². The van der Waals surface area contributed by atoms with Crippen LogP contribution in [-0.2, 0) is 4.74 Å². The number of hydrogen-bond acceptors (Lipinski definition) is 5. The molecule has 0 aromatic carbocycles. The molecule has 56 valence electrons. The molecule has 0 aliphatic carbocycles. The minimum Gasteiger partial charge on any atom is -0.394 e. The van der Waals surface area contributed by atoms with Crippen molar-refractivity contribution in [2.45, 2.75) is 5.85 Å². The van der Waals surface area contributed by atoms with E-state index >= 15 is 0 Å². The third kappa shape index (κ3) is 4.31. The van der Waals surface area contributed by atoms with Gasteiger partial charge in [0.15, 0.2) is 5.85 Å². The molecule has 0 aromatic heterocycles. The van der Waals surface area contributed by atoms with Crippen LogP contribution in [0.25, 0.3) is 0 Å². The van der Waals surface area contributed by atoms with Gasteiger partial charge in [0.1, 0.15) is 0 Å². The second kappa shape index (κ2) is 3.76. The number of rotatable bonds is 4. The van der Waals surface area contributed by atoms with Crippen LogP contribution < -0.4 is 11.5 Å². The average Bonchev–Trinajstić information content (AvgIpc) is 1.84. The lowest BCUT2D eigenvalue weighted by atomic mass is 10.5. The van der Waals surface area contributed by atoms with Crippen molar-refractivity contribution in [1.82, 2.24) is 0 Å². The Morgan fingerprint density at radius 2 is 1.89 bits per heavy atom. The quantitative estimate of drug-likeness (QED) is 0.321. The predicted molar refractivity (Wildman–Crippen MR) is 31.2 cm³/mol. The van der Waals surface area contributed by atoms with Crippen LogP contribution in [0.2, 0.25) is 0 Å². The van der Waals surface area contributed by atoms with Crippen molar-refractivity contribution < 1.29 is 14.9 Å². The van der Waals surface area contributed by atoms with Crippen molar-refractivity contribution in [3.05, 3.63) is 0 Å². The SMILES string of the molecule is NC(N)(CO)OCCO. The van der Waals surface area contributed by atoms with E-state index < -0.39 is 12.5 Å². The van der Waals surface area contributed by atoms with Crippen molar-refractivity contribution in [2.75, 3.05) is 19.8 Å². The maximum atomic E-state index is 8.36. The second-order valence-corrected chi connectivity index (χ2v) is 1.69.